The summed E-state index contributed by atoms with van der Waals surface area (Å²) in [4.78, 5) is 0. The first kappa shape index (κ1) is 24.5. The van der Waals surface area contributed by atoms with E-state index in [-0.39, 0.29) is 5.75 Å². The second kappa shape index (κ2) is 11.7. The molecule has 1 unspecified atom stereocenters. The molecule has 1 atom stereocenters. The van der Waals surface area contributed by atoms with Crippen LogP contribution in [0.3, 0.4) is 0 Å². The molecule has 182 valence electrons. The molecule has 0 aromatic heterocycles. The molecule has 3 aliphatic rings. The third kappa shape index (κ3) is 5.89. The van der Waals surface area contributed by atoms with Crippen molar-refractivity contribution in [2.24, 2.45) is 29.6 Å². The van der Waals surface area contributed by atoms with Gasteiger partial charge in [-0.25, -0.2) is 4.39 Å². The van der Waals surface area contributed by atoms with Gasteiger partial charge in [-0.05, 0) is 112 Å². The second-order valence-electron chi connectivity index (χ2n) is 10.8. The molecule has 4 rings (SSSR count). The van der Waals surface area contributed by atoms with Crippen molar-refractivity contribution in [1.82, 2.24) is 0 Å². The van der Waals surface area contributed by atoms with E-state index in [0.717, 1.165) is 48.5 Å². The normalized spacial score (nSPS) is 30.9. The van der Waals surface area contributed by atoms with Crippen LogP contribution in [-0.4, -0.2) is 0 Å². The fourth-order valence-electron chi connectivity index (χ4n) is 6.98. The summed E-state index contributed by atoms with van der Waals surface area (Å²) in [6.07, 6.45) is 22.4. The number of rotatable bonds is 7. The number of allylic oxidation sites excluding steroid dienone is 3. The number of halogens is 2. The average Bonchev–Trinajstić information content (AvgIpc) is 2.86. The van der Waals surface area contributed by atoms with Crippen LogP contribution >= 0.6 is 0 Å². The highest BCUT2D eigenvalue weighted by Crippen LogP contribution is 2.46. The summed E-state index contributed by atoms with van der Waals surface area (Å²) < 4.78 is 34.2. The maximum Gasteiger partial charge on any atom is 0.201 e. The Kier molecular flexibility index (Phi) is 8.66. The first-order chi connectivity index (χ1) is 16.1. The number of ether oxygens (including phenoxy) is 1. The highest BCUT2D eigenvalue weighted by molar-refractivity contribution is 5.67. The van der Waals surface area contributed by atoms with Gasteiger partial charge < -0.3 is 4.74 Å². The Bertz CT molecular complexity index is 826. The summed E-state index contributed by atoms with van der Waals surface area (Å²) in [5, 5.41) is 0. The van der Waals surface area contributed by atoms with Crippen LogP contribution < -0.4 is 4.74 Å². The predicted octanol–water partition coefficient (Wildman–Crippen LogP) is 9.47. The molecule has 0 N–H and O–H groups in total. The zero-order chi connectivity index (χ0) is 23.2. The molecule has 2 fully saturated rings. The third-order valence-electron chi connectivity index (χ3n) is 8.91. The molecule has 0 heterocycles. The lowest BCUT2D eigenvalue weighted by atomic mass is 9.65. The molecule has 1 aromatic rings. The van der Waals surface area contributed by atoms with Crippen LogP contribution in [0.15, 0.2) is 30.5 Å². The van der Waals surface area contributed by atoms with E-state index in [1.54, 1.807) is 19.1 Å². The molecular formula is C30H42F2O. The lowest BCUT2D eigenvalue weighted by molar-refractivity contribution is 0.121. The van der Waals surface area contributed by atoms with E-state index in [9.17, 15) is 8.78 Å². The molecular weight excluding hydrogens is 414 g/mol. The Morgan fingerprint density at radius 2 is 1.48 bits per heavy atom. The summed E-state index contributed by atoms with van der Waals surface area (Å²) in [7, 11) is 0. The Morgan fingerprint density at radius 1 is 0.848 bits per heavy atom. The summed E-state index contributed by atoms with van der Waals surface area (Å²) in [5.41, 5.74) is 1.36. The van der Waals surface area contributed by atoms with Crippen molar-refractivity contribution >= 4 is 5.57 Å². The minimum atomic E-state index is -0.893. The molecule has 3 aliphatic carbocycles. The van der Waals surface area contributed by atoms with Crippen molar-refractivity contribution in [3.05, 3.63) is 47.7 Å². The van der Waals surface area contributed by atoms with Crippen molar-refractivity contribution < 1.29 is 13.5 Å². The van der Waals surface area contributed by atoms with Gasteiger partial charge in [0.05, 0.1) is 6.26 Å². The Labute approximate surface area is 199 Å². The topological polar surface area (TPSA) is 9.23 Å². The SMILES string of the molecule is CC=COc1ccc(C2=CCC(C3CCC(C4CCC(CCC)CC4)CC3)CC2)c(F)c1F. The van der Waals surface area contributed by atoms with Crippen molar-refractivity contribution in [3.63, 3.8) is 0 Å². The van der Waals surface area contributed by atoms with Gasteiger partial charge in [0.25, 0.3) is 0 Å². The summed E-state index contributed by atoms with van der Waals surface area (Å²) in [6.45, 7) is 4.10. The molecule has 0 amide bonds. The molecule has 3 heteroatoms. The van der Waals surface area contributed by atoms with Crippen molar-refractivity contribution in [3.8, 4) is 5.75 Å². The maximum atomic E-state index is 14.7. The second-order valence-corrected chi connectivity index (χ2v) is 10.8. The smallest absolute Gasteiger partial charge is 0.201 e. The van der Waals surface area contributed by atoms with Crippen LogP contribution in [0, 0.1) is 41.2 Å². The van der Waals surface area contributed by atoms with E-state index in [1.807, 2.05) is 0 Å². The Hall–Kier alpha value is -1.64. The van der Waals surface area contributed by atoms with E-state index >= 15 is 0 Å². The summed E-state index contributed by atoms with van der Waals surface area (Å²) in [5.74, 6) is 2.73. The molecule has 33 heavy (non-hydrogen) atoms. The van der Waals surface area contributed by atoms with Gasteiger partial charge >= 0.3 is 0 Å². The molecule has 0 saturated heterocycles. The van der Waals surface area contributed by atoms with Crippen LogP contribution in [0.1, 0.15) is 103 Å². The zero-order valence-corrected chi connectivity index (χ0v) is 20.6. The van der Waals surface area contributed by atoms with E-state index in [4.69, 9.17) is 4.74 Å². The van der Waals surface area contributed by atoms with Gasteiger partial charge in [-0.2, -0.15) is 4.39 Å². The highest BCUT2D eigenvalue weighted by atomic mass is 19.2. The Morgan fingerprint density at radius 3 is 2.06 bits per heavy atom. The number of hydrogen-bond acceptors (Lipinski definition) is 1. The minimum absolute atomic E-state index is 0.0563. The predicted molar refractivity (Wildman–Crippen MR) is 133 cm³/mol. The minimum Gasteiger partial charge on any atom is -0.462 e. The molecule has 0 spiro atoms. The highest BCUT2D eigenvalue weighted by Gasteiger charge is 2.34. The zero-order valence-electron chi connectivity index (χ0n) is 20.6. The van der Waals surface area contributed by atoms with Gasteiger partial charge in [-0.1, -0.05) is 44.8 Å². The fourth-order valence-corrected chi connectivity index (χ4v) is 6.98. The van der Waals surface area contributed by atoms with Gasteiger partial charge in [0, 0.05) is 5.56 Å². The van der Waals surface area contributed by atoms with Crippen LogP contribution in [0.2, 0.25) is 0 Å². The standard InChI is InChI=1S/C30H42F2O/c1-3-5-21-6-8-22(9-7-21)23-10-12-24(13-11-23)25-14-16-26(17-15-25)27-18-19-28(33-20-4-2)30(32)29(27)31/h4,16,18-25H,3,5-15,17H2,1-2H3. The van der Waals surface area contributed by atoms with Crippen LogP contribution in [0.5, 0.6) is 5.75 Å². The summed E-state index contributed by atoms with van der Waals surface area (Å²) >= 11 is 0. The largest absolute Gasteiger partial charge is 0.462 e. The molecule has 0 aliphatic heterocycles. The van der Waals surface area contributed by atoms with E-state index in [2.05, 4.69) is 13.0 Å². The molecule has 0 radical (unpaired) electrons. The first-order valence-electron chi connectivity index (χ1n) is 13.6. The lowest BCUT2D eigenvalue weighted by Crippen LogP contribution is -2.28. The summed E-state index contributed by atoms with van der Waals surface area (Å²) in [6, 6.07) is 3.21. The fraction of sp³-hybridized carbons (Fsp3) is 0.667. The van der Waals surface area contributed by atoms with E-state index in [1.165, 1.54) is 76.5 Å². The Balaban J connectivity index is 1.28. The molecule has 0 bridgehead atoms. The van der Waals surface area contributed by atoms with Crippen molar-refractivity contribution in [2.45, 2.75) is 97.3 Å². The molecule has 2 saturated carbocycles. The average molecular weight is 457 g/mol. The first-order valence-corrected chi connectivity index (χ1v) is 13.6. The quantitative estimate of drug-likeness (QED) is 0.371. The lowest BCUT2D eigenvalue weighted by Gasteiger charge is -2.40. The van der Waals surface area contributed by atoms with E-state index in [0.29, 0.717) is 11.5 Å². The van der Waals surface area contributed by atoms with Gasteiger partial charge in [0.1, 0.15) is 0 Å². The van der Waals surface area contributed by atoms with E-state index < -0.39 is 11.6 Å². The van der Waals surface area contributed by atoms with Gasteiger partial charge in [0.2, 0.25) is 5.82 Å². The molecule has 1 nitrogen and oxygen atoms in total. The van der Waals surface area contributed by atoms with Gasteiger partial charge in [0.15, 0.2) is 11.6 Å². The number of hydrogen-bond donors (Lipinski definition) is 0. The third-order valence-corrected chi connectivity index (χ3v) is 8.91. The van der Waals surface area contributed by atoms with Gasteiger partial charge in [-0.3, -0.25) is 0 Å². The van der Waals surface area contributed by atoms with Crippen LogP contribution in [-0.2, 0) is 0 Å². The van der Waals surface area contributed by atoms with Crippen molar-refractivity contribution in [2.75, 3.05) is 0 Å². The van der Waals surface area contributed by atoms with Crippen molar-refractivity contribution in [1.29, 1.82) is 0 Å². The monoisotopic (exact) mass is 456 g/mol. The molecule has 1 aromatic carbocycles. The van der Waals surface area contributed by atoms with Crippen LogP contribution in [0.25, 0.3) is 5.57 Å². The maximum absolute atomic E-state index is 14.7. The van der Waals surface area contributed by atoms with Gasteiger partial charge in [-0.15, -0.1) is 0 Å². The van der Waals surface area contributed by atoms with Crippen LogP contribution in [0.4, 0.5) is 8.78 Å². The number of benzene rings is 1.